The molecule has 0 fully saturated rings. The monoisotopic (exact) mass is 257 g/mol. The van der Waals surface area contributed by atoms with Gasteiger partial charge in [-0.3, -0.25) is 0 Å². The third kappa shape index (κ3) is 3.24. The van der Waals surface area contributed by atoms with Gasteiger partial charge in [0.25, 0.3) is 0 Å². The molecule has 0 bridgehead atoms. The van der Waals surface area contributed by atoms with Gasteiger partial charge in [-0.15, -0.1) is 0 Å². The number of imidazole rings is 1. The van der Waals surface area contributed by atoms with Crippen LogP contribution in [0.2, 0.25) is 0 Å². The second-order valence-corrected chi connectivity index (χ2v) is 5.13. The highest BCUT2D eigenvalue weighted by atomic mass is 15.0. The van der Waals surface area contributed by atoms with Gasteiger partial charge in [0.15, 0.2) is 0 Å². The molecule has 2 aromatic rings. The molecule has 1 N–H and O–H groups in total. The van der Waals surface area contributed by atoms with Crippen molar-refractivity contribution in [2.45, 2.75) is 33.2 Å². The Morgan fingerprint density at radius 1 is 1.32 bits per heavy atom. The predicted molar refractivity (Wildman–Crippen MR) is 79.2 cm³/mol. The summed E-state index contributed by atoms with van der Waals surface area (Å²) in [6.07, 6.45) is 4.78. The van der Waals surface area contributed by atoms with Gasteiger partial charge >= 0.3 is 0 Å². The Hall–Kier alpha value is -1.61. The third-order valence-electron chi connectivity index (χ3n) is 3.57. The van der Waals surface area contributed by atoms with Gasteiger partial charge in [-0.25, -0.2) is 4.98 Å². The van der Waals surface area contributed by atoms with E-state index in [1.807, 2.05) is 12.4 Å². The maximum Gasteiger partial charge on any atom is 0.110 e. The minimum atomic E-state index is 0.325. The number of likely N-dealkylation sites (N-methyl/N-ethyl adjacent to an activating group) is 1. The van der Waals surface area contributed by atoms with Gasteiger partial charge in [0.1, 0.15) is 5.82 Å². The summed E-state index contributed by atoms with van der Waals surface area (Å²) in [6.45, 7) is 7.43. The van der Waals surface area contributed by atoms with Crippen LogP contribution >= 0.6 is 0 Å². The number of hydrogen-bond acceptors (Lipinski definition) is 2. The van der Waals surface area contributed by atoms with Crippen LogP contribution in [0.3, 0.4) is 0 Å². The molecule has 2 rings (SSSR count). The van der Waals surface area contributed by atoms with Crippen molar-refractivity contribution in [3.63, 3.8) is 0 Å². The summed E-state index contributed by atoms with van der Waals surface area (Å²) in [5, 5.41) is 3.58. The van der Waals surface area contributed by atoms with Crippen LogP contribution in [0.25, 0.3) is 0 Å². The van der Waals surface area contributed by atoms with E-state index in [4.69, 9.17) is 0 Å². The smallest absolute Gasteiger partial charge is 0.110 e. The molecule has 0 saturated heterocycles. The van der Waals surface area contributed by atoms with Gasteiger partial charge in [-0.1, -0.05) is 30.7 Å². The molecule has 0 saturated carbocycles. The zero-order valence-corrected chi connectivity index (χ0v) is 12.3. The lowest BCUT2D eigenvalue weighted by Crippen LogP contribution is -2.25. The average Bonchev–Trinajstić information content (AvgIpc) is 2.78. The summed E-state index contributed by atoms with van der Waals surface area (Å²) < 4.78 is 2.09. The van der Waals surface area contributed by atoms with Crippen molar-refractivity contribution in [2.75, 3.05) is 6.54 Å². The van der Waals surface area contributed by atoms with Crippen molar-refractivity contribution in [3.05, 3.63) is 53.1 Å². The molecule has 1 atom stereocenters. The van der Waals surface area contributed by atoms with Crippen LogP contribution in [0.1, 0.15) is 35.5 Å². The lowest BCUT2D eigenvalue weighted by Gasteiger charge is -2.21. The molecule has 1 heterocycles. The molecule has 0 radical (unpaired) electrons. The maximum atomic E-state index is 4.44. The Labute approximate surface area is 115 Å². The zero-order valence-electron chi connectivity index (χ0n) is 12.3. The Balaban J connectivity index is 2.29. The lowest BCUT2D eigenvalue weighted by molar-refractivity contribution is 0.526. The van der Waals surface area contributed by atoms with Crippen molar-refractivity contribution < 1.29 is 0 Å². The van der Waals surface area contributed by atoms with Crippen LogP contribution in [0.4, 0.5) is 0 Å². The Bertz CT molecular complexity index is 543. The van der Waals surface area contributed by atoms with E-state index in [1.165, 1.54) is 16.7 Å². The molecule has 1 aromatic carbocycles. The number of aryl methyl sites for hydroxylation is 3. The number of aromatic nitrogens is 2. The molecule has 1 aromatic heterocycles. The largest absolute Gasteiger partial charge is 0.338 e. The first kappa shape index (κ1) is 13.8. The van der Waals surface area contributed by atoms with Gasteiger partial charge in [0.2, 0.25) is 0 Å². The zero-order chi connectivity index (χ0) is 13.8. The van der Waals surface area contributed by atoms with Gasteiger partial charge < -0.3 is 9.88 Å². The second-order valence-electron chi connectivity index (χ2n) is 5.13. The van der Waals surface area contributed by atoms with Gasteiger partial charge in [-0.05, 0) is 31.5 Å². The summed E-state index contributed by atoms with van der Waals surface area (Å²) in [6, 6.07) is 6.98. The second kappa shape index (κ2) is 6.02. The van der Waals surface area contributed by atoms with Crippen molar-refractivity contribution >= 4 is 0 Å². The first-order chi connectivity index (χ1) is 9.11. The molecule has 0 amide bonds. The topological polar surface area (TPSA) is 29.9 Å². The van der Waals surface area contributed by atoms with E-state index in [0.717, 1.165) is 18.8 Å². The quantitative estimate of drug-likeness (QED) is 0.892. The number of rotatable bonds is 5. The summed E-state index contributed by atoms with van der Waals surface area (Å²) in [7, 11) is 2.05. The Morgan fingerprint density at radius 3 is 2.74 bits per heavy atom. The van der Waals surface area contributed by atoms with E-state index in [9.17, 15) is 0 Å². The van der Waals surface area contributed by atoms with E-state index in [0.29, 0.717) is 6.04 Å². The number of hydrogen-bond donors (Lipinski definition) is 1. The minimum Gasteiger partial charge on any atom is -0.338 e. The van der Waals surface area contributed by atoms with Crippen molar-refractivity contribution in [2.24, 2.45) is 7.05 Å². The van der Waals surface area contributed by atoms with Gasteiger partial charge in [0.05, 0.1) is 0 Å². The molecule has 3 heteroatoms. The van der Waals surface area contributed by atoms with Crippen LogP contribution in [-0.2, 0) is 13.5 Å². The molecule has 0 spiro atoms. The highest BCUT2D eigenvalue weighted by molar-refractivity contribution is 5.33. The van der Waals surface area contributed by atoms with Crippen molar-refractivity contribution in [1.29, 1.82) is 0 Å². The first-order valence-electron chi connectivity index (χ1n) is 6.88. The van der Waals surface area contributed by atoms with Crippen LogP contribution in [0.15, 0.2) is 30.6 Å². The summed E-state index contributed by atoms with van der Waals surface area (Å²) in [5.41, 5.74) is 4.03. The van der Waals surface area contributed by atoms with E-state index >= 15 is 0 Å². The Morgan fingerprint density at radius 2 is 2.11 bits per heavy atom. The molecular weight excluding hydrogens is 234 g/mol. The van der Waals surface area contributed by atoms with Crippen molar-refractivity contribution in [3.8, 4) is 0 Å². The van der Waals surface area contributed by atoms with Gasteiger partial charge in [0, 0.05) is 31.9 Å². The summed E-state index contributed by atoms with van der Waals surface area (Å²) >= 11 is 0. The molecular formula is C16H23N3. The molecule has 19 heavy (non-hydrogen) atoms. The van der Waals surface area contributed by atoms with Crippen LogP contribution in [0.5, 0.6) is 0 Å². The SMILES string of the molecule is CCNC(Cc1nccn1C)c1cc(C)ccc1C. The maximum absolute atomic E-state index is 4.44. The normalized spacial score (nSPS) is 12.6. The molecule has 0 aliphatic carbocycles. The predicted octanol–water partition coefficient (Wildman–Crippen LogP) is 2.93. The molecule has 0 aliphatic heterocycles. The molecule has 3 nitrogen and oxygen atoms in total. The Kier molecular flexibility index (Phi) is 4.38. The number of nitrogens with one attached hydrogen (secondary N) is 1. The number of benzene rings is 1. The van der Waals surface area contributed by atoms with Crippen LogP contribution < -0.4 is 5.32 Å². The summed E-state index contributed by atoms with van der Waals surface area (Å²) in [5.74, 6) is 1.12. The average molecular weight is 257 g/mol. The van der Waals surface area contributed by atoms with E-state index < -0.39 is 0 Å². The molecule has 102 valence electrons. The fourth-order valence-corrected chi connectivity index (χ4v) is 2.45. The highest BCUT2D eigenvalue weighted by Gasteiger charge is 2.15. The standard InChI is InChI=1S/C16H23N3/c1-5-17-15(11-16-18-8-9-19(16)4)14-10-12(2)6-7-13(14)3/h6-10,15,17H,5,11H2,1-4H3. The summed E-state index contributed by atoms with van der Waals surface area (Å²) in [4.78, 5) is 4.44. The van der Waals surface area contributed by atoms with E-state index in [2.05, 4.69) is 60.9 Å². The van der Waals surface area contributed by atoms with Crippen LogP contribution in [0, 0.1) is 13.8 Å². The third-order valence-corrected chi connectivity index (χ3v) is 3.57. The minimum absolute atomic E-state index is 0.325. The fraction of sp³-hybridized carbons (Fsp3) is 0.438. The van der Waals surface area contributed by atoms with E-state index in [1.54, 1.807) is 0 Å². The highest BCUT2D eigenvalue weighted by Crippen LogP contribution is 2.22. The first-order valence-corrected chi connectivity index (χ1v) is 6.88. The van der Waals surface area contributed by atoms with E-state index in [-0.39, 0.29) is 0 Å². The molecule has 1 unspecified atom stereocenters. The van der Waals surface area contributed by atoms with Crippen LogP contribution in [-0.4, -0.2) is 16.1 Å². The lowest BCUT2D eigenvalue weighted by atomic mass is 9.96. The van der Waals surface area contributed by atoms with Gasteiger partial charge in [-0.2, -0.15) is 0 Å². The fourth-order valence-electron chi connectivity index (χ4n) is 2.45. The van der Waals surface area contributed by atoms with Crippen molar-refractivity contribution in [1.82, 2.24) is 14.9 Å². The molecule has 0 aliphatic rings. The number of nitrogens with zero attached hydrogens (tertiary/aromatic N) is 2.